The van der Waals surface area contributed by atoms with E-state index in [9.17, 15) is 4.79 Å². The average Bonchev–Trinajstić information content (AvgIpc) is 3.01. The number of carbonyl (C=O) groups is 1. The van der Waals surface area contributed by atoms with Crippen LogP contribution in [0.4, 0.5) is 0 Å². The van der Waals surface area contributed by atoms with E-state index >= 15 is 0 Å². The van der Waals surface area contributed by atoms with E-state index in [1.54, 1.807) is 0 Å². The highest BCUT2D eigenvalue weighted by Gasteiger charge is 2.36. The molecule has 2 saturated heterocycles. The van der Waals surface area contributed by atoms with Crippen LogP contribution in [0.1, 0.15) is 24.2 Å². The van der Waals surface area contributed by atoms with Crippen molar-refractivity contribution in [1.82, 2.24) is 23.4 Å². The van der Waals surface area contributed by atoms with Crippen LogP contribution < -0.4 is 0 Å². The van der Waals surface area contributed by atoms with E-state index in [2.05, 4.69) is 32.4 Å². The molecule has 0 atom stereocenters. The third kappa shape index (κ3) is 2.92. The zero-order valence-electron chi connectivity index (χ0n) is 14.2. The van der Waals surface area contributed by atoms with Gasteiger partial charge in [0.1, 0.15) is 11.0 Å². The van der Waals surface area contributed by atoms with Crippen LogP contribution in [-0.2, 0) is 0 Å². The summed E-state index contributed by atoms with van der Waals surface area (Å²) >= 11 is 1.19. The molecule has 2 aliphatic heterocycles. The standard InChI is InChI=1S/C17H23N5OS/c1-12(2)20-5-7-21(8-6-20)14-10-22(11-14)17(23)13-3-4-15-16(9-13)19-24-18-15/h3-4,9,12,14H,5-8,10-11H2,1-2H3. The van der Waals surface area contributed by atoms with Crippen molar-refractivity contribution in [3.63, 3.8) is 0 Å². The molecule has 1 aromatic carbocycles. The number of carbonyl (C=O) groups excluding carboxylic acids is 1. The number of fused-ring (bicyclic) bond motifs is 1. The molecule has 1 amide bonds. The van der Waals surface area contributed by atoms with Crippen LogP contribution in [0.3, 0.4) is 0 Å². The molecule has 24 heavy (non-hydrogen) atoms. The highest BCUT2D eigenvalue weighted by atomic mass is 32.1. The molecule has 0 aliphatic carbocycles. The van der Waals surface area contributed by atoms with Crippen LogP contribution in [0, 0.1) is 0 Å². The normalized spacial score (nSPS) is 20.7. The van der Waals surface area contributed by atoms with Crippen LogP contribution in [0.2, 0.25) is 0 Å². The number of hydrogen-bond acceptors (Lipinski definition) is 6. The first-order valence-corrected chi connectivity index (χ1v) is 9.34. The maximum Gasteiger partial charge on any atom is 0.254 e. The smallest absolute Gasteiger partial charge is 0.254 e. The van der Waals surface area contributed by atoms with Crippen molar-refractivity contribution in [1.29, 1.82) is 0 Å². The van der Waals surface area contributed by atoms with Crippen LogP contribution in [-0.4, -0.2) is 80.7 Å². The molecule has 4 rings (SSSR count). The summed E-state index contributed by atoms with van der Waals surface area (Å²) in [7, 11) is 0. The van der Waals surface area contributed by atoms with Gasteiger partial charge in [0, 0.05) is 56.9 Å². The van der Waals surface area contributed by atoms with Crippen molar-refractivity contribution < 1.29 is 4.79 Å². The van der Waals surface area contributed by atoms with Crippen LogP contribution in [0.15, 0.2) is 18.2 Å². The Morgan fingerprint density at radius 2 is 1.83 bits per heavy atom. The van der Waals surface area contributed by atoms with E-state index < -0.39 is 0 Å². The summed E-state index contributed by atoms with van der Waals surface area (Å²) in [4.78, 5) is 19.6. The molecule has 0 N–H and O–H groups in total. The lowest BCUT2D eigenvalue weighted by molar-refractivity contribution is 0.00318. The molecule has 7 heteroatoms. The molecule has 0 saturated carbocycles. The Kier molecular flexibility index (Phi) is 4.24. The minimum absolute atomic E-state index is 0.113. The summed E-state index contributed by atoms with van der Waals surface area (Å²) < 4.78 is 8.41. The molecule has 2 fully saturated rings. The minimum atomic E-state index is 0.113. The second-order valence-electron chi connectivity index (χ2n) is 7.00. The van der Waals surface area contributed by atoms with Gasteiger partial charge in [0.15, 0.2) is 0 Å². The van der Waals surface area contributed by atoms with Crippen molar-refractivity contribution >= 4 is 28.7 Å². The predicted octanol–water partition coefficient (Wildman–Crippen LogP) is 1.54. The number of benzene rings is 1. The van der Waals surface area contributed by atoms with Gasteiger partial charge in [-0.25, -0.2) is 0 Å². The summed E-state index contributed by atoms with van der Waals surface area (Å²) in [5.74, 6) is 0.113. The van der Waals surface area contributed by atoms with Crippen LogP contribution >= 0.6 is 11.7 Å². The maximum absolute atomic E-state index is 12.6. The lowest BCUT2D eigenvalue weighted by atomic mass is 10.0. The summed E-state index contributed by atoms with van der Waals surface area (Å²) in [5, 5.41) is 0. The molecular formula is C17H23N5OS. The molecular weight excluding hydrogens is 322 g/mol. The van der Waals surface area contributed by atoms with Gasteiger partial charge in [-0.2, -0.15) is 8.75 Å². The topological polar surface area (TPSA) is 52.6 Å². The molecule has 2 aromatic rings. The second-order valence-corrected chi connectivity index (χ2v) is 7.53. The quantitative estimate of drug-likeness (QED) is 0.845. The number of rotatable bonds is 3. The molecule has 2 aliphatic rings. The van der Waals surface area contributed by atoms with Crippen molar-refractivity contribution in [2.75, 3.05) is 39.3 Å². The number of nitrogens with zero attached hydrogens (tertiary/aromatic N) is 5. The third-order valence-corrected chi connectivity index (χ3v) is 5.80. The fourth-order valence-corrected chi connectivity index (χ4v) is 4.09. The van der Waals surface area contributed by atoms with E-state index in [1.807, 2.05) is 23.1 Å². The maximum atomic E-state index is 12.6. The molecule has 1 aromatic heterocycles. The Morgan fingerprint density at radius 1 is 1.12 bits per heavy atom. The largest absolute Gasteiger partial charge is 0.335 e. The van der Waals surface area contributed by atoms with E-state index in [1.165, 1.54) is 11.7 Å². The molecule has 128 valence electrons. The number of aromatic nitrogens is 2. The monoisotopic (exact) mass is 345 g/mol. The highest BCUT2D eigenvalue weighted by Crippen LogP contribution is 2.21. The summed E-state index contributed by atoms with van der Waals surface area (Å²) in [5.41, 5.74) is 2.40. The Bertz CT molecular complexity index is 731. The molecule has 0 spiro atoms. The van der Waals surface area contributed by atoms with Gasteiger partial charge in [-0.05, 0) is 32.0 Å². The fourth-order valence-electron chi connectivity index (χ4n) is 3.57. The molecule has 0 unspecified atom stereocenters. The van der Waals surface area contributed by atoms with E-state index in [0.29, 0.717) is 12.1 Å². The first-order chi connectivity index (χ1) is 11.6. The molecule has 0 radical (unpaired) electrons. The zero-order chi connectivity index (χ0) is 16.7. The van der Waals surface area contributed by atoms with Gasteiger partial charge < -0.3 is 4.90 Å². The summed E-state index contributed by atoms with van der Waals surface area (Å²) in [6.45, 7) is 10.7. The second kappa shape index (κ2) is 6.38. The Labute approximate surface area is 146 Å². The van der Waals surface area contributed by atoms with E-state index in [-0.39, 0.29) is 5.91 Å². The van der Waals surface area contributed by atoms with Gasteiger partial charge in [0.05, 0.1) is 11.7 Å². The van der Waals surface area contributed by atoms with Crippen LogP contribution in [0.5, 0.6) is 0 Å². The Hall–Kier alpha value is -1.57. The minimum Gasteiger partial charge on any atom is -0.335 e. The third-order valence-electron chi connectivity index (χ3n) is 5.25. The van der Waals surface area contributed by atoms with Gasteiger partial charge in [0.25, 0.3) is 5.91 Å². The SMILES string of the molecule is CC(C)N1CCN(C2CN(C(=O)c3ccc4nsnc4c3)C2)CC1. The van der Waals surface area contributed by atoms with Gasteiger partial charge in [-0.1, -0.05) is 0 Å². The van der Waals surface area contributed by atoms with Gasteiger partial charge in [0.2, 0.25) is 0 Å². The number of likely N-dealkylation sites (tertiary alicyclic amines) is 1. The number of hydrogen-bond donors (Lipinski definition) is 0. The van der Waals surface area contributed by atoms with E-state index in [4.69, 9.17) is 0 Å². The first-order valence-electron chi connectivity index (χ1n) is 8.61. The molecule has 6 nitrogen and oxygen atoms in total. The Morgan fingerprint density at radius 3 is 2.54 bits per heavy atom. The molecule has 3 heterocycles. The Balaban J connectivity index is 1.33. The van der Waals surface area contributed by atoms with Crippen LogP contribution in [0.25, 0.3) is 11.0 Å². The lowest BCUT2D eigenvalue weighted by Crippen LogP contribution is -2.64. The van der Waals surface area contributed by atoms with Gasteiger partial charge in [-0.15, -0.1) is 0 Å². The fraction of sp³-hybridized carbons (Fsp3) is 0.588. The van der Waals surface area contributed by atoms with E-state index in [0.717, 1.165) is 55.9 Å². The lowest BCUT2D eigenvalue weighted by Gasteiger charge is -2.48. The van der Waals surface area contributed by atoms with Crippen molar-refractivity contribution in [2.24, 2.45) is 0 Å². The number of piperazine rings is 1. The van der Waals surface area contributed by atoms with Gasteiger partial charge in [-0.3, -0.25) is 14.6 Å². The van der Waals surface area contributed by atoms with Crippen molar-refractivity contribution in [2.45, 2.75) is 25.9 Å². The number of amides is 1. The summed E-state index contributed by atoms with van der Waals surface area (Å²) in [6, 6.07) is 6.75. The van der Waals surface area contributed by atoms with Crippen molar-refractivity contribution in [3.8, 4) is 0 Å². The zero-order valence-corrected chi connectivity index (χ0v) is 15.0. The first kappa shape index (κ1) is 15.9. The molecule has 0 bridgehead atoms. The summed E-state index contributed by atoms with van der Waals surface area (Å²) in [6.07, 6.45) is 0. The average molecular weight is 345 g/mol. The predicted molar refractivity (Wildman–Crippen MR) is 95.4 cm³/mol. The highest BCUT2D eigenvalue weighted by molar-refractivity contribution is 7.00. The van der Waals surface area contributed by atoms with Gasteiger partial charge >= 0.3 is 0 Å². The van der Waals surface area contributed by atoms with Crippen molar-refractivity contribution in [3.05, 3.63) is 23.8 Å².